The first-order valence-corrected chi connectivity index (χ1v) is 5.56. The van der Waals surface area contributed by atoms with E-state index < -0.39 is 0 Å². The van der Waals surface area contributed by atoms with E-state index in [0.29, 0.717) is 5.92 Å². The van der Waals surface area contributed by atoms with Crippen molar-refractivity contribution in [3.05, 3.63) is 29.1 Å². The van der Waals surface area contributed by atoms with Crippen LogP contribution in [-0.2, 0) is 6.42 Å². The van der Waals surface area contributed by atoms with E-state index in [1.54, 1.807) is 0 Å². The highest BCUT2D eigenvalue weighted by molar-refractivity contribution is 5.28. The van der Waals surface area contributed by atoms with Gasteiger partial charge in [-0.05, 0) is 37.3 Å². The second kappa shape index (κ2) is 4.02. The molecule has 2 nitrogen and oxygen atoms in total. The Hall–Kier alpha value is -1.36. The summed E-state index contributed by atoms with van der Waals surface area (Å²) in [5.74, 6) is 0.703. The maximum absolute atomic E-state index is 9.02. The topological polar surface area (TPSA) is 36.7 Å². The highest BCUT2D eigenvalue weighted by Crippen LogP contribution is 2.31. The average Bonchev–Trinajstić information content (AvgIpc) is 2.38. The lowest BCUT2D eigenvalue weighted by Gasteiger charge is -2.11. The van der Waals surface area contributed by atoms with Gasteiger partial charge in [-0.2, -0.15) is 5.26 Å². The standard InChI is InChI=1S/C13H16N2/c1-9-3-5-11(8-14)7-13-12(9)6-4-10(2)15-13/h4,6,9,11H,3,5,7H2,1-2H3/t9-,11-/m1/s1. The van der Waals surface area contributed by atoms with Crippen LogP contribution in [0.25, 0.3) is 0 Å². The quantitative estimate of drug-likeness (QED) is 0.604. The SMILES string of the molecule is Cc1ccc2c(n1)C[C@H](C#N)CC[C@H]2C. The molecule has 1 aliphatic carbocycles. The minimum atomic E-state index is 0.156. The lowest BCUT2D eigenvalue weighted by atomic mass is 9.97. The molecular weight excluding hydrogens is 184 g/mol. The first kappa shape index (κ1) is 10.2. The van der Waals surface area contributed by atoms with E-state index in [2.05, 4.69) is 30.1 Å². The van der Waals surface area contributed by atoms with Crippen molar-refractivity contribution in [2.24, 2.45) is 5.92 Å². The second-order valence-corrected chi connectivity index (χ2v) is 4.50. The number of hydrogen-bond acceptors (Lipinski definition) is 2. The molecule has 0 unspecified atom stereocenters. The minimum absolute atomic E-state index is 0.156. The van der Waals surface area contributed by atoms with Gasteiger partial charge in [-0.15, -0.1) is 0 Å². The summed E-state index contributed by atoms with van der Waals surface area (Å²) in [6.07, 6.45) is 2.95. The number of pyridine rings is 1. The Labute approximate surface area is 91.0 Å². The number of nitrogens with zero attached hydrogens (tertiary/aromatic N) is 2. The minimum Gasteiger partial charge on any atom is -0.258 e. The van der Waals surface area contributed by atoms with Gasteiger partial charge in [0, 0.05) is 17.8 Å². The number of fused-ring (bicyclic) bond motifs is 1. The fourth-order valence-electron chi connectivity index (χ4n) is 2.29. The third kappa shape index (κ3) is 2.02. The molecule has 0 saturated carbocycles. The molecule has 1 aliphatic rings. The molecule has 0 saturated heterocycles. The predicted molar refractivity (Wildman–Crippen MR) is 59.4 cm³/mol. The monoisotopic (exact) mass is 200 g/mol. The highest BCUT2D eigenvalue weighted by Gasteiger charge is 2.21. The van der Waals surface area contributed by atoms with Gasteiger partial charge < -0.3 is 0 Å². The van der Waals surface area contributed by atoms with E-state index >= 15 is 0 Å². The van der Waals surface area contributed by atoms with Gasteiger partial charge in [-0.25, -0.2) is 0 Å². The van der Waals surface area contributed by atoms with Gasteiger partial charge >= 0.3 is 0 Å². The van der Waals surface area contributed by atoms with Gasteiger partial charge in [0.1, 0.15) is 0 Å². The first-order chi connectivity index (χ1) is 7.20. The van der Waals surface area contributed by atoms with Crippen LogP contribution >= 0.6 is 0 Å². The van der Waals surface area contributed by atoms with Crippen LogP contribution in [0.3, 0.4) is 0 Å². The summed E-state index contributed by atoms with van der Waals surface area (Å²) in [5, 5.41) is 9.02. The zero-order valence-electron chi connectivity index (χ0n) is 9.33. The molecule has 0 fully saturated rings. The van der Waals surface area contributed by atoms with Crippen LogP contribution < -0.4 is 0 Å². The molecule has 2 heteroatoms. The Morgan fingerprint density at radius 2 is 2.20 bits per heavy atom. The molecule has 2 rings (SSSR count). The maximum Gasteiger partial charge on any atom is 0.0659 e. The zero-order chi connectivity index (χ0) is 10.8. The van der Waals surface area contributed by atoms with Crippen LogP contribution in [0, 0.1) is 24.2 Å². The summed E-state index contributed by atoms with van der Waals surface area (Å²) in [6.45, 7) is 4.24. The Morgan fingerprint density at radius 1 is 1.40 bits per heavy atom. The Kier molecular flexibility index (Phi) is 2.73. The molecule has 0 aromatic carbocycles. The van der Waals surface area contributed by atoms with Crippen LogP contribution in [0.4, 0.5) is 0 Å². The molecule has 0 amide bonds. The summed E-state index contributed by atoms with van der Waals surface area (Å²) in [6, 6.07) is 6.64. The molecule has 1 aromatic heterocycles. The van der Waals surface area contributed by atoms with Crippen LogP contribution in [0.1, 0.15) is 42.6 Å². The Morgan fingerprint density at radius 3 is 2.93 bits per heavy atom. The molecule has 0 bridgehead atoms. The number of rotatable bonds is 0. The van der Waals surface area contributed by atoms with Crippen molar-refractivity contribution in [1.82, 2.24) is 4.98 Å². The molecule has 0 radical (unpaired) electrons. The van der Waals surface area contributed by atoms with E-state index in [9.17, 15) is 0 Å². The van der Waals surface area contributed by atoms with Crippen LogP contribution in [0.15, 0.2) is 12.1 Å². The smallest absolute Gasteiger partial charge is 0.0659 e. The van der Waals surface area contributed by atoms with Crippen molar-refractivity contribution < 1.29 is 0 Å². The second-order valence-electron chi connectivity index (χ2n) is 4.50. The molecule has 0 spiro atoms. The summed E-state index contributed by atoms with van der Waals surface area (Å²) >= 11 is 0. The van der Waals surface area contributed by atoms with Crippen LogP contribution in [0.5, 0.6) is 0 Å². The molecule has 1 aromatic rings. The summed E-state index contributed by atoms with van der Waals surface area (Å²) < 4.78 is 0. The number of aryl methyl sites for hydroxylation is 1. The summed E-state index contributed by atoms with van der Waals surface area (Å²) in [4.78, 5) is 4.57. The van der Waals surface area contributed by atoms with Crippen molar-refractivity contribution >= 4 is 0 Å². The van der Waals surface area contributed by atoms with Crippen molar-refractivity contribution in [3.8, 4) is 6.07 Å². The molecule has 15 heavy (non-hydrogen) atoms. The molecular formula is C13H16N2. The van der Waals surface area contributed by atoms with Crippen LogP contribution in [0.2, 0.25) is 0 Å². The number of nitriles is 1. The van der Waals surface area contributed by atoms with E-state index in [1.807, 2.05) is 6.92 Å². The zero-order valence-corrected chi connectivity index (χ0v) is 9.33. The van der Waals surface area contributed by atoms with Gasteiger partial charge in [-0.3, -0.25) is 4.98 Å². The van der Waals surface area contributed by atoms with E-state index in [1.165, 1.54) is 5.56 Å². The van der Waals surface area contributed by atoms with Crippen molar-refractivity contribution in [2.75, 3.05) is 0 Å². The lowest BCUT2D eigenvalue weighted by molar-refractivity contribution is 0.556. The fourth-order valence-corrected chi connectivity index (χ4v) is 2.29. The van der Waals surface area contributed by atoms with Crippen molar-refractivity contribution in [2.45, 2.75) is 39.0 Å². The highest BCUT2D eigenvalue weighted by atomic mass is 14.7. The Balaban J connectivity index is 2.41. The van der Waals surface area contributed by atoms with Gasteiger partial charge in [-0.1, -0.05) is 13.0 Å². The molecule has 0 N–H and O–H groups in total. The maximum atomic E-state index is 9.02. The Bertz CT molecular complexity index is 403. The van der Waals surface area contributed by atoms with Crippen molar-refractivity contribution in [3.63, 3.8) is 0 Å². The van der Waals surface area contributed by atoms with E-state index in [4.69, 9.17) is 5.26 Å². The van der Waals surface area contributed by atoms with Gasteiger partial charge in [0.2, 0.25) is 0 Å². The normalized spacial score (nSPS) is 25.1. The van der Waals surface area contributed by atoms with Gasteiger partial charge in [0.25, 0.3) is 0 Å². The molecule has 1 heterocycles. The number of hydrogen-bond donors (Lipinski definition) is 0. The lowest BCUT2D eigenvalue weighted by Crippen LogP contribution is -2.03. The summed E-state index contributed by atoms with van der Waals surface area (Å²) in [5.41, 5.74) is 3.55. The third-order valence-corrected chi connectivity index (χ3v) is 3.25. The third-order valence-electron chi connectivity index (χ3n) is 3.25. The van der Waals surface area contributed by atoms with Gasteiger partial charge in [0.05, 0.1) is 12.0 Å². The summed E-state index contributed by atoms with van der Waals surface area (Å²) in [7, 11) is 0. The number of aromatic nitrogens is 1. The van der Waals surface area contributed by atoms with E-state index in [-0.39, 0.29) is 5.92 Å². The molecule has 0 aliphatic heterocycles. The van der Waals surface area contributed by atoms with Crippen LogP contribution in [-0.4, -0.2) is 4.98 Å². The van der Waals surface area contributed by atoms with E-state index in [0.717, 1.165) is 30.7 Å². The fraction of sp³-hybridized carbons (Fsp3) is 0.538. The average molecular weight is 200 g/mol. The largest absolute Gasteiger partial charge is 0.258 e. The molecule has 2 atom stereocenters. The van der Waals surface area contributed by atoms with Gasteiger partial charge in [0.15, 0.2) is 0 Å². The van der Waals surface area contributed by atoms with Crippen molar-refractivity contribution in [1.29, 1.82) is 5.26 Å². The predicted octanol–water partition coefficient (Wildman–Crippen LogP) is 2.97. The first-order valence-electron chi connectivity index (χ1n) is 5.56. The molecule has 78 valence electrons.